The molecule has 6 unspecified atom stereocenters. The molecule has 1 aromatic rings. The van der Waals surface area contributed by atoms with Gasteiger partial charge in [0, 0.05) is 32.2 Å². The highest BCUT2D eigenvalue weighted by atomic mass is 16.6. The van der Waals surface area contributed by atoms with E-state index in [0.29, 0.717) is 38.0 Å². The van der Waals surface area contributed by atoms with Crippen molar-refractivity contribution in [1.29, 1.82) is 0 Å². The zero-order chi connectivity index (χ0) is 28.2. The lowest BCUT2D eigenvalue weighted by atomic mass is 9.68. The fourth-order valence-electron chi connectivity index (χ4n) is 5.85. The van der Waals surface area contributed by atoms with Gasteiger partial charge in [-0.2, -0.15) is 0 Å². The molecule has 1 spiro atoms. The Bertz CT molecular complexity index is 1080. The van der Waals surface area contributed by atoms with E-state index in [1.54, 1.807) is 19.2 Å². The van der Waals surface area contributed by atoms with Crippen LogP contribution in [-0.2, 0) is 35.1 Å². The highest BCUT2D eigenvalue weighted by Crippen LogP contribution is 2.59. The van der Waals surface area contributed by atoms with E-state index in [0.717, 1.165) is 18.4 Å². The molecule has 214 valence electrons. The second-order valence-electron chi connectivity index (χ2n) is 11.5. The van der Waals surface area contributed by atoms with Crippen LogP contribution in [0.1, 0.15) is 71.8 Å². The Balaban J connectivity index is 1.28. The van der Waals surface area contributed by atoms with Crippen LogP contribution < -0.4 is 10.6 Å². The maximum atomic E-state index is 12.8. The van der Waals surface area contributed by atoms with Crippen molar-refractivity contribution in [3.63, 3.8) is 0 Å². The van der Waals surface area contributed by atoms with Crippen LogP contribution in [0.25, 0.3) is 0 Å². The molecule has 1 aromatic carbocycles. The molecule has 0 aromatic heterocycles. The van der Waals surface area contributed by atoms with Gasteiger partial charge in [0.05, 0.1) is 18.6 Å². The summed E-state index contributed by atoms with van der Waals surface area (Å²) >= 11 is 0. The van der Waals surface area contributed by atoms with Crippen molar-refractivity contribution in [1.82, 2.24) is 5.32 Å². The van der Waals surface area contributed by atoms with E-state index in [-0.39, 0.29) is 47.6 Å². The predicted octanol–water partition coefficient (Wildman–Crippen LogP) is 4.69. The van der Waals surface area contributed by atoms with E-state index in [2.05, 4.69) is 37.5 Å². The maximum absolute atomic E-state index is 12.8. The molecular formula is C30H42N2O7. The number of Topliss-reactive ketones (excluding diaryl/α,β-unsaturated/α-hetero) is 1. The number of benzene rings is 1. The van der Waals surface area contributed by atoms with Crippen molar-refractivity contribution >= 4 is 23.5 Å². The zero-order valence-corrected chi connectivity index (χ0v) is 23.7. The second-order valence-corrected chi connectivity index (χ2v) is 11.5. The van der Waals surface area contributed by atoms with Crippen LogP contribution in [0.2, 0.25) is 0 Å². The van der Waals surface area contributed by atoms with Crippen LogP contribution in [0.15, 0.2) is 35.9 Å². The molecule has 4 rings (SSSR count). The molecule has 2 aliphatic heterocycles. The fraction of sp³-hybridized carbons (Fsp3) is 0.633. The van der Waals surface area contributed by atoms with Gasteiger partial charge in [-0.1, -0.05) is 23.8 Å². The number of amides is 2. The molecule has 9 heteroatoms. The normalized spacial score (nSPS) is 30.8. The Morgan fingerprint density at radius 2 is 1.85 bits per heavy atom. The van der Waals surface area contributed by atoms with E-state index in [4.69, 9.17) is 18.9 Å². The highest BCUT2D eigenvalue weighted by molar-refractivity contribution is 5.91. The molecule has 0 radical (unpaired) electrons. The molecule has 3 aliphatic rings. The summed E-state index contributed by atoms with van der Waals surface area (Å²) in [4.78, 5) is 35.8. The molecule has 0 bridgehead atoms. The number of epoxide rings is 2. The molecule has 39 heavy (non-hydrogen) atoms. The summed E-state index contributed by atoms with van der Waals surface area (Å²) in [5.74, 6) is -0.0753. The van der Waals surface area contributed by atoms with E-state index in [1.807, 2.05) is 12.1 Å². The van der Waals surface area contributed by atoms with Crippen LogP contribution >= 0.6 is 0 Å². The van der Waals surface area contributed by atoms with E-state index < -0.39 is 12.2 Å². The molecule has 3 fully saturated rings. The van der Waals surface area contributed by atoms with Gasteiger partial charge in [0.1, 0.15) is 29.2 Å². The fourth-order valence-corrected chi connectivity index (χ4v) is 5.85. The first kappa shape index (κ1) is 29.2. The predicted molar refractivity (Wildman–Crippen MR) is 146 cm³/mol. The third kappa shape index (κ3) is 7.26. The number of methoxy groups -OCH3 is 1. The number of alkyl carbamates (subject to hydrolysis) is 1. The Morgan fingerprint density at radius 1 is 1.13 bits per heavy atom. The molecule has 1 aliphatic carbocycles. The van der Waals surface area contributed by atoms with E-state index >= 15 is 0 Å². The smallest absolute Gasteiger partial charge is 0.407 e. The lowest BCUT2D eigenvalue weighted by Gasteiger charge is -2.42. The SMILES string of the molecule is COC1C(OC(=O)NCc2ccc(NC(=O)CCCC(C)=O)cc2)CCC2(CO2)C1C1(C)OC1CC=C(C)C. The maximum Gasteiger partial charge on any atom is 0.407 e. The van der Waals surface area contributed by atoms with Crippen LogP contribution in [0, 0.1) is 5.92 Å². The number of carbonyl (C=O) groups is 3. The first-order valence-corrected chi connectivity index (χ1v) is 13.9. The van der Waals surface area contributed by atoms with Crippen molar-refractivity contribution in [3.8, 4) is 0 Å². The minimum atomic E-state index is -0.501. The number of hydrogen-bond donors (Lipinski definition) is 2. The number of anilines is 1. The van der Waals surface area contributed by atoms with Crippen molar-refractivity contribution in [2.75, 3.05) is 19.0 Å². The summed E-state index contributed by atoms with van der Waals surface area (Å²) in [5, 5.41) is 5.65. The molecule has 2 saturated heterocycles. The second kappa shape index (κ2) is 12.2. The standard InChI is InChI=1S/C30H42N2O7/c1-19(2)9-14-24-29(4,39-24)27-26(36-5)23(15-16-30(27)18-37-30)38-28(35)31-17-21-10-12-22(13-11-21)32-25(34)8-6-7-20(3)33/h9-13,23-24,26-27H,6-8,14-18H2,1-5H3,(H,31,35)(H,32,34). The van der Waals surface area contributed by atoms with Crippen molar-refractivity contribution < 1.29 is 33.3 Å². The topological polar surface area (TPSA) is 119 Å². The Labute approximate surface area is 231 Å². The van der Waals surface area contributed by atoms with Gasteiger partial charge in [0.2, 0.25) is 5.91 Å². The summed E-state index contributed by atoms with van der Waals surface area (Å²) in [6, 6.07) is 7.25. The monoisotopic (exact) mass is 542 g/mol. The van der Waals surface area contributed by atoms with Crippen LogP contribution in [-0.4, -0.2) is 61.0 Å². The summed E-state index contributed by atoms with van der Waals surface area (Å²) in [5.41, 5.74) is 2.15. The largest absolute Gasteiger partial charge is 0.443 e. The van der Waals surface area contributed by atoms with E-state index in [9.17, 15) is 14.4 Å². The Kier molecular flexibility index (Phi) is 9.14. The number of ether oxygens (including phenoxy) is 4. The first-order chi connectivity index (χ1) is 18.6. The van der Waals surface area contributed by atoms with Gasteiger partial charge >= 0.3 is 6.09 Å². The van der Waals surface area contributed by atoms with Crippen molar-refractivity contribution in [2.45, 2.75) is 102 Å². The molecule has 9 nitrogen and oxygen atoms in total. The molecular weight excluding hydrogens is 500 g/mol. The Hall–Kier alpha value is -2.75. The van der Waals surface area contributed by atoms with Gasteiger partial charge in [-0.05, 0) is 71.1 Å². The van der Waals surface area contributed by atoms with Gasteiger partial charge in [0.15, 0.2) is 0 Å². The number of nitrogens with one attached hydrogen (secondary N) is 2. The van der Waals surface area contributed by atoms with Crippen LogP contribution in [0.4, 0.5) is 10.5 Å². The first-order valence-electron chi connectivity index (χ1n) is 13.9. The quantitative estimate of drug-likeness (QED) is 0.291. The third-order valence-electron chi connectivity index (χ3n) is 8.10. The van der Waals surface area contributed by atoms with Gasteiger partial charge in [-0.15, -0.1) is 0 Å². The number of hydrogen-bond acceptors (Lipinski definition) is 7. The van der Waals surface area contributed by atoms with Crippen molar-refractivity contribution in [2.24, 2.45) is 5.92 Å². The molecule has 6 atom stereocenters. The van der Waals surface area contributed by atoms with Gasteiger partial charge in [-0.3, -0.25) is 4.79 Å². The van der Waals surface area contributed by atoms with Gasteiger partial charge in [0.25, 0.3) is 0 Å². The van der Waals surface area contributed by atoms with Gasteiger partial charge < -0.3 is 34.4 Å². The van der Waals surface area contributed by atoms with Crippen molar-refractivity contribution in [3.05, 3.63) is 41.5 Å². The van der Waals surface area contributed by atoms with Crippen LogP contribution in [0.3, 0.4) is 0 Å². The number of allylic oxidation sites excluding steroid dienone is 1. The molecule has 2 amide bonds. The molecule has 2 N–H and O–H groups in total. The highest BCUT2D eigenvalue weighted by Gasteiger charge is 2.72. The number of carbonyl (C=O) groups excluding carboxylic acids is 3. The number of ketones is 1. The minimum Gasteiger partial charge on any atom is -0.443 e. The summed E-state index contributed by atoms with van der Waals surface area (Å²) in [6.45, 7) is 8.78. The van der Waals surface area contributed by atoms with Crippen LogP contribution in [0.5, 0.6) is 0 Å². The Morgan fingerprint density at radius 3 is 2.46 bits per heavy atom. The summed E-state index contributed by atoms with van der Waals surface area (Å²) in [6.07, 6.45) is 4.60. The molecule has 2 heterocycles. The third-order valence-corrected chi connectivity index (χ3v) is 8.10. The summed E-state index contributed by atoms with van der Waals surface area (Å²) < 4.78 is 24.0. The van der Waals surface area contributed by atoms with Gasteiger partial charge in [-0.25, -0.2) is 4.79 Å². The van der Waals surface area contributed by atoms with E-state index in [1.165, 1.54) is 12.5 Å². The zero-order valence-electron chi connectivity index (χ0n) is 23.7. The lowest BCUT2D eigenvalue weighted by molar-refractivity contribution is -0.118. The molecule has 1 saturated carbocycles. The average molecular weight is 543 g/mol. The lowest BCUT2D eigenvalue weighted by Crippen LogP contribution is -2.56. The number of rotatable bonds is 12. The average Bonchev–Trinajstić information content (AvgIpc) is 3.80. The summed E-state index contributed by atoms with van der Waals surface area (Å²) in [7, 11) is 1.66. The minimum absolute atomic E-state index is 0.0256.